The number of carbonyl (C=O) groups excluding carboxylic acids is 2. The SMILES string of the molecule is CC(=O)N1CCN(C(=O)c2sc(-c3cc(F)c(F)c(O)c3F)nc2C)CC1. The Morgan fingerprint density at radius 3 is 2.30 bits per heavy atom. The number of rotatable bonds is 2. The maximum absolute atomic E-state index is 14.1. The van der Waals surface area contributed by atoms with Crippen LogP contribution in [0.3, 0.4) is 0 Å². The maximum Gasteiger partial charge on any atom is 0.265 e. The van der Waals surface area contributed by atoms with Gasteiger partial charge in [-0.3, -0.25) is 9.59 Å². The summed E-state index contributed by atoms with van der Waals surface area (Å²) in [5.74, 6) is -6.24. The van der Waals surface area contributed by atoms with Crippen molar-refractivity contribution in [3.05, 3.63) is 34.1 Å². The van der Waals surface area contributed by atoms with Gasteiger partial charge in [0.05, 0.1) is 11.3 Å². The molecule has 0 atom stereocenters. The monoisotopic (exact) mass is 399 g/mol. The van der Waals surface area contributed by atoms with Gasteiger partial charge >= 0.3 is 0 Å². The Labute approximate surface area is 156 Å². The second-order valence-corrected chi connectivity index (χ2v) is 7.11. The van der Waals surface area contributed by atoms with E-state index in [1.54, 1.807) is 16.7 Å². The molecule has 144 valence electrons. The molecular formula is C17H16F3N3O3S. The van der Waals surface area contributed by atoms with Gasteiger partial charge in [-0.25, -0.2) is 13.8 Å². The molecule has 27 heavy (non-hydrogen) atoms. The number of hydrogen-bond acceptors (Lipinski definition) is 5. The van der Waals surface area contributed by atoms with Crippen molar-refractivity contribution >= 4 is 23.2 Å². The lowest BCUT2D eigenvalue weighted by molar-refractivity contribution is -0.130. The number of phenolic OH excluding ortho intramolecular Hbond substituents is 1. The number of nitrogens with zero attached hydrogens (tertiary/aromatic N) is 3. The van der Waals surface area contributed by atoms with Crippen molar-refractivity contribution in [3.8, 4) is 16.3 Å². The molecule has 1 aliphatic heterocycles. The number of thiazole rings is 1. The summed E-state index contributed by atoms with van der Waals surface area (Å²) in [6.07, 6.45) is 0. The predicted molar refractivity (Wildman–Crippen MR) is 92.0 cm³/mol. The van der Waals surface area contributed by atoms with Gasteiger partial charge in [0, 0.05) is 33.1 Å². The third-order valence-electron chi connectivity index (χ3n) is 4.37. The molecule has 1 aromatic heterocycles. The fraction of sp³-hybridized carbons (Fsp3) is 0.353. The van der Waals surface area contributed by atoms with Crippen molar-refractivity contribution in [3.63, 3.8) is 0 Å². The molecule has 1 aromatic carbocycles. The second-order valence-electron chi connectivity index (χ2n) is 6.11. The van der Waals surface area contributed by atoms with Crippen LogP contribution in [0.25, 0.3) is 10.6 Å². The first-order valence-corrected chi connectivity index (χ1v) is 8.91. The summed E-state index contributed by atoms with van der Waals surface area (Å²) < 4.78 is 40.9. The number of amides is 2. The number of halogens is 3. The highest BCUT2D eigenvalue weighted by Gasteiger charge is 2.28. The zero-order valence-corrected chi connectivity index (χ0v) is 15.4. The van der Waals surface area contributed by atoms with E-state index in [0.29, 0.717) is 37.9 Å². The summed E-state index contributed by atoms with van der Waals surface area (Å²) in [5, 5.41) is 9.33. The van der Waals surface area contributed by atoms with Gasteiger partial charge in [-0.15, -0.1) is 11.3 Å². The molecule has 2 heterocycles. The number of aromatic nitrogens is 1. The van der Waals surface area contributed by atoms with Gasteiger partial charge in [0.1, 0.15) is 9.88 Å². The topological polar surface area (TPSA) is 73.7 Å². The minimum Gasteiger partial charge on any atom is -0.503 e. The molecule has 2 aromatic rings. The van der Waals surface area contributed by atoms with Crippen molar-refractivity contribution in [2.75, 3.05) is 26.2 Å². The third-order valence-corrected chi connectivity index (χ3v) is 5.55. The van der Waals surface area contributed by atoms with Crippen molar-refractivity contribution in [2.24, 2.45) is 0 Å². The van der Waals surface area contributed by atoms with E-state index in [4.69, 9.17) is 0 Å². The second kappa shape index (κ2) is 7.18. The molecule has 0 bridgehead atoms. The van der Waals surface area contributed by atoms with Crippen molar-refractivity contribution in [1.29, 1.82) is 0 Å². The lowest BCUT2D eigenvalue weighted by atomic mass is 10.2. The van der Waals surface area contributed by atoms with Crippen LogP contribution in [-0.4, -0.2) is 57.9 Å². The summed E-state index contributed by atoms with van der Waals surface area (Å²) in [4.78, 5) is 31.6. The molecule has 1 saturated heterocycles. The molecule has 1 fully saturated rings. The molecule has 0 aliphatic carbocycles. The van der Waals surface area contributed by atoms with E-state index in [9.17, 15) is 27.9 Å². The summed E-state index contributed by atoms with van der Waals surface area (Å²) in [6, 6.07) is 0.600. The lowest BCUT2D eigenvalue weighted by Gasteiger charge is -2.34. The molecule has 6 nitrogen and oxygen atoms in total. The highest BCUT2D eigenvalue weighted by atomic mass is 32.1. The molecule has 0 radical (unpaired) electrons. The maximum atomic E-state index is 14.1. The summed E-state index contributed by atoms with van der Waals surface area (Å²) >= 11 is 0.836. The Balaban J connectivity index is 1.88. The number of hydrogen-bond donors (Lipinski definition) is 1. The molecule has 0 unspecified atom stereocenters. The molecule has 2 amide bonds. The van der Waals surface area contributed by atoms with Gasteiger partial charge in [0.15, 0.2) is 17.4 Å². The van der Waals surface area contributed by atoms with Gasteiger partial charge in [-0.2, -0.15) is 4.39 Å². The summed E-state index contributed by atoms with van der Waals surface area (Å²) in [6.45, 7) is 4.55. The number of aryl methyl sites for hydroxylation is 1. The first kappa shape index (κ1) is 19.2. The van der Waals surface area contributed by atoms with Crippen LogP contribution in [0.1, 0.15) is 22.3 Å². The molecule has 1 aliphatic rings. The van der Waals surface area contributed by atoms with E-state index >= 15 is 0 Å². The fourth-order valence-corrected chi connectivity index (χ4v) is 3.87. The highest BCUT2D eigenvalue weighted by molar-refractivity contribution is 7.17. The largest absolute Gasteiger partial charge is 0.503 e. The summed E-state index contributed by atoms with van der Waals surface area (Å²) in [7, 11) is 0. The van der Waals surface area contributed by atoms with Crippen molar-refractivity contribution < 1.29 is 27.9 Å². The number of piperazine rings is 1. The Bertz CT molecular complexity index is 924. The van der Waals surface area contributed by atoms with Crippen LogP contribution < -0.4 is 0 Å². The smallest absolute Gasteiger partial charge is 0.265 e. The Hall–Kier alpha value is -2.62. The highest BCUT2D eigenvalue weighted by Crippen LogP contribution is 2.36. The van der Waals surface area contributed by atoms with E-state index in [0.717, 1.165) is 11.3 Å². The average molecular weight is 399 g/mol. The van der Waals surface area contributed by atoms with Crippen LogP contribution in [0.4, 0.5) is 13.2 Å². The van der Waals surface area contributed by atoms with Crippen LogP contribution in [0.2, 0.25) is 0 Å². The first-order valence-electron chi connectivity index (χ1n) is 8.09. The number of carbonyl (C=O) groups is 2. The lowest BCUT2D eigenvalue weighted by Crippen LogP contribution is -2.50. The predicted octanol–water partition coefficient (Wildman–Crippen LogP) is 2.55. The number of benzene rings is 1. The van der Waals surface area contributed by atoms with E-state index in [-0.39, 0.29) is 21.7 Å². The van der Waals surface area contributed by atoms with Gasteiger partial charge in [-0.1, -0.05) is 0 Å². The number of aromatic hydroxyl groups is 1. The van der Waals surface area contributed by atoms with E-state index in [1.807, 2.05) is 0 Å². The Kier molecular flexibility index (Phi) is 5.09. The van der Waals surface area contributed by atoms with Crippen LogP contribution >= 0.6 is 11.3 Å². The van der Waals surface area contributed by atoms with Crippen LogP contribution in [0.5, 0.6) is 5.75 Å². The van der Waals surface area contributed by atoms with Crippen molar-refractivity contribution in [2.45, 2.75) is 13.8 Å². The van der Waals surface area contributed by atoms with Crippen molar-refractivity contribution in [1.82, 2.24) is 14.8 Å². The minimum atomic E-state index is -1.68. The Morgan fingerprint density at radius 2 is 1.70 bits per heavy atom. The zero-order valence-electron chi connectivity index (χ0n) is 14.6. The number of phenols is 1. The molecule has 0 spiro atoms. The first-order chi connectivity index (χ1) is 12.7. The van der Waals surface area contributed by atoms with Crippen LogP contribution in [0.15, 0.2) is 6.07 Å². The molecule has 1 N–H and O–H groups in total. The minimum absolute atomic E-state index is 0.0371. The fourth-order valence-electron chi connectivity index (χ4n) is 2.82. The molecule has 3 rings (SSSR count). The molecule has 10 heteroatoms. The normalized spacial score (nSPS) is 14.6. The Morgan fingerprint density at radius 1 is 1.11 bits per heavy atom. The average Bonchev–Trinajstić information content (AvgIpc) is 3.03. The molecule has 0 saturated carbocycles. The zero-order chi connectivity index (χ0) is 19.9. The summed E-state index contributed by atoms with van der Waals surface area (Å²) in [5.41, 5.74) is -0.0995. The molecular weight excluding hydrogens is 383 g/mol. The third kappa shape index (κ3) is 3.48. The van der Waals surface area contributed by atoms with Gasteiger partial charge < -0.3 is 14.9 Å². The van der Waals surface area contributed by atoms with Gasteiger partial charge in [-0.05, 0) is 13.0 Å². The van der Waals surface area contributed by atoms with E-state index in [2.05, 4.69) is 4.98 Å². The van der Waals surface area contributed by atoms with E-state index < -0.39 is 28.8 Å². The van der Waals surface area contributed by atoms with Crippen LogP contribution in [-0.2, 0) is 4.79 Å². The van der Waals surface area contributed by atoms with Crippen LogP contribution in [0, 0.1) is 24.4 Å². The van der Waals surface area contributed by atoms with Gasteiger partial charge in [0.2, 0.25) is 11.7 Å². The standard InChI is InChI=1S/C17H16F3N3O3S/c1-8-15(17(26)23-5-3-22(4-6-23)9(2)24)27-16(21-8)10-7-11(18)13(20)14(25)12(10)19/h7,25H,3-6H2,1-2H3. The van der Waals surface area contributed by atoms with E-state index in [1.165, 1.54) is 6.92 Å². The quantitative estimate of drug-likeness (QED) is 0.788. The van der Waals surface area contributed by atoms with Gasteiger partial charge in [0.25, 0.3) is 5.91 Å².